The highest BCUT2D eigenvalue weighted by atomic mass is 15.2. The molecule has 0 unspecified atom stereocenters. The van der Waals surface area contributed by atoms with E-state index in [1.54, 1.807) is 0 Å². The van der Waals surface area contributed by atoms with Gasteiger partial charge in [0.15, 0.2) is 0 Å². The highest BCUT2D eigenvalue weighted by Gasteiger charge is 2.17. The molecule has 4 nitrogen and oxygen atoms in total. The molecule has 100 valence electrons. The zero-order chi connectivity index (χ0) is 13.2. The van der Waals surface area contributed by atoms with E-state index in [0.717, 1.165) is 23.0 Å². The lowest BCUT2D eigenvalue weighted by molar-refractivity contribution is 0.740. The number of rotatable bonds is 3. The van der Waals surface area contributed by atoms with Gasteiger partial charge in [0.25, 0.3) is 0 Å². The molecule has 0 saturated heterocycles. The number of aryl methyl sites for hydroxylation is 2. The van der Waals surface area contributed by atoms with Crippen molar-refractivity contribution >= 4 is 5.95 Å². The van der Waals surface area contributed by atoms with E-state index in [9.17, 15) is 0 Å². The highest BCUT2D eigenvalue weighted by Crippen LogP contribution is 2.23. The fourth-order valence-corrected chi connectivity index (χ4v) is 2.79. The van der Waals surface area contributed by atoms with E-state index >= 15 is 0 Å². The van der Waals surface area contributed by atoms with Gasteiger partial charge < -0.3 is 5.32 Å². The molecule has 2 aromatic heterocycles. The zero-order valence-electron chi connectivity index (χ0n) is 11.6. The van der Waals surface area contributed by atoms with Crippen LogP contribution in [0.1, 0.15) is 37.1 Å². The maximum absolute atomic E-state index is 4.53. The van der Waals surface area contributed by atoms with Gasteiger partial charge in [-0.05, 0) is 38.8 Å². The molecular weight excluding hydrogens is 236 g/mol. The molecule has 0 radical (unpaired) electrons. The lowest BCUT2D eigenvalue weighted by Crippen LogP contribution is -2.18. The standard InChI is InChI=1S/C15H20N4/c1-11-7-8-14(12(2)17-11)19-10-9-16-15(19)18-13-5-3-4-6-13/h7-10,13H,3-6H2,1-2H3,(H,16,18). The van der Waals surface area contributed by atoms with Gasteiger partial charge in [0, 0.05) is 24.1 Å². The molecule has 19 heavy (non-hydrogen) atoms. The number of nitrogens with one attached hydrogen (secondary N) is 1. The van der Waals surface area contributed by atoms with Crippen molar-refractivity contribution in [2.75, 3.05) is 5.32 Å². The number of pyridine rings is 1. The Morgan fingerprint density at radius 2 is 2.00 bits per heavy atom. The quantitative estimate of drug-likeness (QED) is 0.916. The van der Waals surface area contributed by atoms with E-state index < -0.39 is 0 Å². The molecule has 0 bridgehead atoms. The molecule has 0 aliphatic heterocycles. The van der Waals surface area contributed by atoms with Gasteiger partial charge in [0.05, 0.1) is 11.4 Å². The smallest absolute Gasteiger partial charge is 0.207 e. The summed E-state index contributed by atoms with van der Waals surface area (Å²) in [7, 11) is 0. The van der Waals surface area contributed by atoms with E-state index in [4.69, 9.17) is 0 Å². The third-order valence-electron chi connectivity index (χ3n) is 3.79. The Bertz CT molecular complexity index is 567. The first-order chi connectivity index (χ1) is 9.24. The molecule has 2 heterocycles. The van der Waals surface area contributed by atoms with Crippen LogP contribution in [-0.4, -0.2) is 20.6 Å². The Labute approximate surface area is 113 Å². The summed E-state index contributed by atoms with van der Waals surface area (Å²) in [5.74, 6) is 0.931. The van der Waals surface area contributed by atoms with Gasteiger partial charge in [0.1, 0.15) is 0 Å². The van der Waals surface area contributed by atoms with Crippen LogP contribution in [0.4, 0.5) is 5.95 Å². The summed E-state index contributed by atoms with van der Waals surface area (Å²) in [5, 5.41) is 3.55. The number of imidazole rings is 1. The van der Waals surface area contributed by atoms with Crippen LogP contribution in [0.15, 0.2) is 24.5 Å². The molecular formula is C15H20N4. The third-order valence-corrected chi connectivity index (χ3v) is 3.79. The largest absolute Gasteiger partial charge is 0.353 e. The van der Waals surface area contributed by atoms with Crippen molar-refractivity contribution in [1.29, 1.82) is 0 Å². The summed E-state index contributed by atoms with van der Waals surface area (Å²) in [4.78, 5) is 8.97. The first-order valence-electron chi connectivity index (χ1n) is 6.98. The minimum absolute atomic E-state index is 0.569. The van der Waals surface area contributed by atoms with E-state index in [0.29, 0.717) is 6.04 Å². The van der Waals surface area contributed by atoms with Crippen LogP contribution in [-0.2, 0) is 0 Å². The molecule has 0 spiro atoms. The van der Waals surface area contributed by atoms with Crippen molar-refractivity contribution in [3.8, 4) is 5.69 Å². The Hall–Kier alpha value is -1.84. The molecule has 1 saturated carbocycles. The lowest BCUT2D eigenvalue weighted by Gasteiger charge is -2.15. The molecule has 4 heteroatoms. The van der Waals surface area contributed by atoms with Crippen LogP contribution in [0.25, 0.3) is 5.69 Å². The minimum Gasteiger partial charge on any atom is -0.353 e. The maximum Gasteiger partial charge on any atom is 0.207 e. The first-order valence-corrected chi connectivity index (χ1v) is 6.98. The predicted octanol–water partition coefficient (Wildman–Crippen LogP) is 3.24. The van der Waals surface area contributed by atoms with Crippen molar-refractivity contribution in [2.24, 2.45) is 0 Å². The Balaban J connectivity index is 1.90. The first kappa shape index (κ1) is 12.2. The molecule has 1 aliphatic rings. The molecule has 1 fully saturated rings. The summed E-state index contributed by atoms with van der Waals surface area (Å²) in [6.07, 6.45) is 8.98. The Morgan fingerprint density at radius 3 is 2.74 bits per heavy atom. The number of hydrogen-bond acceptors (Lipinski definition) is 3. The maximum atomic E-state index is 4.53. The second-order valence-electron chi connectivity index (χ2n) is 5.30. The number of hydrogen-bond donors (Lipinski definition) is 1. The van der Waals surface area contributed by atoms with Gasteiger partial charge in [-0.3, -0.25) is 9.55 Å². The van der Waals surface area contributed by atoms with Gasteiger partial charge in [-0.25, -0.2) is 4.98 Å². The molecule has 0 atom stereocenters. The van der Waals surface area contributed by atoms with E-state index in [-0.39, 0.29) is 0 Å². The minimum atomic E-state index is 0.569. The summed E-state index contributed by atoms with van der Waals surface area (Å²) < 4.78 is 2.10. The topological polar surface area (TPSA) is 42.7 Å². The number of anilines is 1. The molecule has 0 amide bonds. The van der Waals surface area contributed by atoms with Crippen LogP contribution in [0.2, 0.25) is 0 Å². The second kappa shape index (κ2) is 5.03. The van der Waals surface area contributed by atoms with Crippen LogP contribution in [0, 0.1) is 13.8 Å². The summed E-state index contributed by atoms with van der Waals surface area (Å²) in [5.41, 5.74) is 3.18. The number of nitrogens with zero attached hydrogens (tertiary/aromatic N) is 3. The summed E-state index contributed by atoms with van der Waals surface area (Å²) >= 11 is 0. The summed E-state index contributed by atoms with van der Waals surface area (Å²) in [6, 6.07) is 4.72. The molecule has 3 rings (SSSR count). The average molecular weight is 256 g/mol. The van der Waals surface area contributed by atoms with Crippen LogP contribution in [0.5, 0.6) is 0 Å². The average Bonchev–Trinajstić information content (AvgIpc) is 3.02. The van der Waals surface area contributed by atoms with Gasteiger partial charge in [-0.15, -0.1) is 0 Å². The Morgan fingerprint density at radius 1 is 1.21 bits per heavy atom. The van der Waals surface area contributed by atoms with Gasteiger partial charge >= 0.3 is 0 Å². The molecule has 0 aromatic carbocycles. The van der Waals surface area contributed by atoms with Crippen LogP contribution >= 0.6 is 0 Å². The second-order valence-corrected chi connectivity index (χ2v) is 5.30. The van der Waals surface area contributed by atoms with Crippen LogP contribution < -0.4 is 5.32 Å². The predicted molar refractivity (Wildman–Crippen MR) is 76.7 cm³/mol. The Kier molecular flexibility index (Phi) is 3.23. The zero-order valence-corrected chi connectivity index (χ0v) is 11.6. The monoisotopic (exact) mass is 256 g/mol. The molecule has 1 aliphatic carbocycles. The normalized spacial score (nSPS) is 15.9. The van der Waals surface area contributed by atoms with Crippen molar-refractivity contribution in [1.82, 2.24) is 14.5 Å². The van der Waals surface area contributed by atoms with Gasteiger partial charge in [-0.2, -0.15) is 0 Å². The number of aromatic nitrogens is 3. The van der Waals surface area contributed by atoms with Crippen molar-refractivity contribution < 1.29 is 0 Å². The van der Waals surface area contributed by atoms with Crippen molar-refractivity contribution in [2.45, 2.75) is 45.6 Å². The summed E-state index contributed by atoms with van der Waals surface area (Å²) in [6.45, 7) is 4.06. The van der Waals surface area contributed by atoms with E-state index in [1.165, 1.54) is 25.7 Å². The SMILES string of the molecule is Cc1ccc(-n2ccnc2NC2CCCC2)c(C)n1. The molecule has 1 N–H and O–H groups in total. The van der Waals surface area contributed by atoms with Crippen LogP contribution in [0.3, 0.4) is 0 Å². The van der Waals surface area contributed by atoms with Crippen molar-refractivity contribution in [3.63, 3.8) is 0 Å². The lowest BCUT2D eigenvalue weighted by atomic mass is 10.2. The van der Waals surface area contributed by atoms with E-state index in [2.05, 4.69) is 25.9 Å². The highest BCUT2D eigenvalue weighted by molar-refractivity contribution is 5.45. The third kappa shape index (κ3) is 2.48. The molecule has 2 aromatic rings. The van der Waals surface area contributed by atoms with E-state index in [1.807, 2.05) is 32.3 Å². The van der Waals surface area contributed by atoms with Gasteiger partial charge in [-0.1, -0.05) is 12.8 Å². The van der Waals surface area contributed by atoms with Gasteiger partial charge in [0.2, 0.25) is 5.95 Å². The fraction of sp³-hybridized carbons (Fsp3) is 0.467. The van der Waals surface area contributed by atoms with Crippen molar-refractivity contribution in [3.05, 3.63) is 35.9 Å². The fourth-order valence-electron chi connectivity index (χ4n) is 2.79.